The van der Waals surface area contributed by atoms with Crippen LogP contribution in [0.2, 0.25) is 0 Å². The molecule has 3 N–H and O–H groups in total. The van der Waals surface area contributed by atoms with Crippen LogP contribution >= 0.6 is 0 Å². The van der Waals surface area contributed by atoms with E-state index < -0.39 is 23.8 Å². The minimum absolute atomic E-state index is 0.213. The molecular formula is C16H21NO4. The SMILES string of the molecule is CC1CC(C(=O)O)C(C(=O)N[C@H](CO)c2ccccc2)C1. The molecule has 5 heteroatoms. The number of rotatable bonds is 5. The number of benzene rings is 1. The highest BCUT2D eigenvalue weighted by molar-refractivity contribution is 5.85. The van der Waals surface area contributed by atoms with Crippen LogP contribution in [0.4, 0.5) is 0 Å². The van der Waals surface area contributed by atoms with E-state index in [1.165, 1.54) is 0 Å². The summed E-state index contributed by atoms with van der Waals surface area (Å²) in [6.07, 6.45) is 1.11. The van der Waals surface area contributed by atoms with E-state index in [1.807, 2.05) is 37.3 Å². The highest BCUT2D eigenvalue weighted by atomic mass is 16.4. The van der Waals surface area contributed by atoms with E-state index in [1.54, 1.807) is 0 Å². The number of aliphatic carboxylic acids is 1. The minimum Gasteiger partial charge on any atom is -0.481 e. The number of hydrogen-bond acceptors (Lipinski definition) is 3. The number of aliphatic hydroxyl groups is 1. The van der Waals surface area contributed by atoms with Gasteiger partial charge in [-0.15, -0.1) is 0 Å². The van der Waals surface area contributed by atoms with E-state index in [0.29, 0.717) is 12.8 Å². The van der Waals surface area contributed by atoms with Crippen LogP contribution < -0.4 is 5.32 Å². The number of aliphatic hydroxyl groups excluding tert-OH is 1. The number of nitrogens with one attached hydrogen (secondary N) is 1. The van der Waals surface area contributed by atoms with Crippen LogP contribution in [0.3, 0.4) is 0 Å². The standard InChI is InChI=1S/C16H21NO4/c1-10-7-12(13(8-10)16(20)21)15(19)17-14(9-18)11-5-3-2-4-6-11/h2-6,10,12-14,18H,7-9H2,1H3,(H,17,19)(H,20,21)/t10?,12?,13?,14-/m1/s1. The number of amides is 1. The Morgan fingerprint density at radius 1 is 1.24 bits per heavy atom. The molecule has 2 rings (SSSR count). The van der Waals surface area contributed by atoms with Gasteiger partial charge in [0.05, 0.1) is 24.5 Å². The second-order valence-electron chi connectivity index (χ2n) is 5.78. The first-order chi connectivity index (χ1) is 10.0. The average Bonchev–Trinajstić information content (AvgIpc) is 2.88. The maximum absolute atomic E-state index is 12.4. The summed E-state index contributed by atoms with van der Waals surface area (Å²) in [6.45, 7) is 1.75. The molecule has 1 aromatic rings. The van der Waals surface area contributed by atoms with Crippen LogP contribution in [0, 0.1) is 17.8 Å². The molecule has 4 atom stereocenters. The Bertz CT molecular complexity index is 502. The molecule has 1 fully saturated rings. The van der Waals surface area contributed by atoms with E-state index in [2.05, 4.69) is 5.32 Å². The molecule has 21 heavy (non-hydrogen) atoms. The summed E-state index contributed by atoms with van der Waals surface area (Å²) < 4.78 is 0. The van der Waals surface area contributed by atoms with Crippen LogP contribution in [0.25, 0.3) is 0 Å². The highest BCUT2D eigenvalue weighted by Gasteiger charge is 2.41. The summed E-state index contributed by atoms with van der Waals surface area (Å²) in [5.41, 5.74) is 0.811. The van der Waals surface area contributed by atoms with Crippen LogP contribution in [0.5, 0.6) is 0 Å². The molecule has 0 spiro atoms. The van der Waals surface area contributed by atoms with Gasteiger partial charge in [0.2, 0.25) is 5.91 Å². The Balaban J connectivity index is 2.07. The first kappa shape index (κ1) is 15.5. The van der Waals surface area contributed by atoms with Crippen LogP contribution in [0.1, 0.15) is 31.4 Å². The Morgan fingerprint density at radius 3 is 2.43 bits per heavy atom. The van der Waals surface area contributed by atoms with Crippen molar-refractivity contribution in [2.45, 2.75) is 25.8 Å². The number of carbonyl (C=O) groups is 2. The average molecular weight is 291 g/mol. The maximum atomic E-state index is 12.4. The monoisotopic (exact) mass is 291 g/mol. The Hall–Kier alpha value is -1.88. The van der Waals surface area contributed by atoms with Crippen LogP contribution in [0.15, 0.2) is 30.3 Å². The molecule has 0 bridgehead atoms. The lowest BCUT2D eigenvalue weighted by molar-refractivity contribution is -0.146. The molecule has 0 saturated heterocycles. The molecule has 1 amide bonds. The number of hydrogen-bond donors (Lipinski definition) is 3. The fourth-order valence-corrected chi connectivity index (χ4v) is 3.05. The highest BCUT2D eigenvalue weighted by Crippen LogP contribution is 2.36. The fraction of sp³-hybridized carbons (Fsp3) is 0.500. The first-order valence-electron chi connectivity index (χ1n) is 7.22. The van der Waals surface area contributed by atoms with Gasteiger partial charge in [-0.25, -0.2) is 0 Å². The summed E-state index contributed by atoms with van der Waals surface area (Å²) in [5.74, 6) is -2.12. The van der Waals surface area contributed by atoms with Gasteiger partial charge in [-0.1, -0.05) is 37.3 Å². The summed E-state index contributed by atoms with van der Waals surface area (Å²) >= 11 is 0. The largest absolute Gasteiger partial charge is 0.481 e. The molecule has 0 radical (unpaired) electrons. The van der Waals surface area contributed by atoms with Crippen molar-refractivity contribution in [1.29, 1.82) is 0 Å². The molecule has 1 saturated carbocycles. The molecular weight excluding hydrogens is 270 g/mol. The molecule has 1 aromatic carbocycles. The van der Waals surface area contributed by atoms with Crippen molar-refractivity contribution >= 4 is 11.9 Å². The van der Waals surface area contributed by atoms with Gasteiger partial charge < -0.3 is 15.5 Å². The minimum atomic E-state index is -0.917. The van der Waals surface area contributed by atoms with Gasteiger partial charge >= 0.3 is 5.97 Å². The van der Waals surface area contributed by atoms with Crippen LogP contribution in [-0.4, -0.2) is 28.7 Å². The fourth-order valence-electron chi connectivity index (χ4n) is 3.05. The zero-order valence-corrected chi connectivity index (χ0v) is 12.0. The maximum Gasteiger partial charge on any atom is 0.307 e. The molecule has 1 aliphatic carbocycles. The predicted molar refractivity (Wildman–Crippen MR) is 77.4 cm³/mol. The topological polar surface area (TPSA) is 86.6 Å². The third-order valence-electron chi connectivity index (χ3n) is 4.15. The first-order valence-corrected chi connectivity index (χ1v) is 7.22. The lowest BCUT2D eigenvalue weighted by Gasteiger charge is -2.21. The number of carboxylic acid groups (broad SMARTS) is 1. The van der Waals surface area contributed by atoms with Crippen molar-refractivity contribution in [3.05, 3.63) is 35.9 Å². The van der Waals surface area contributed by atoms with Gasteiger partial charge in [-0.3, -0.25) is 9.59 Å². The molecule has 0 heterocycles. The summed E-state index contributed by atoms with van der Waals surface area (Å²) in [4.78, 5) is 23.6. The van der Waals surface area contributed by atoms with E-state index in [4.69, 9.17) is 0 Å². The normalized spacial score (nSPS) is 26.3. The van der Waals surface area contributed by atoms with E-state index >= 15 is 0 Å². The zero-order valence-electron chi connectivity index (χ0n) is 12.0. The van der Waals surface area contributed by atoms with E-state index in [0.717, 1.165) is 5.56 Å². The molecule has 5 nitrogen and oxygen atoms in total. The molecule has 1 aliphatic rings. The predicted octanol–water partition coefficient (Wildman–Crippen LogP) is 1.58. The molecule has 3 unspecified atom stereocenters. The molecule has 0 aromatic heterocycles. The number of carboxylic acids is 1. The second-order valence-corrected chi connectivity index (χ2v) is 5.78. The van der Waals surface area contributed by atoms with Gasteiger partial charge in [0.1, 0.15) is 0 Å². The second kappa shape index (κ2) is 6.72. The third-order valence-corrected chi connectivity index (χ3v) is 4.15. The van der Waals surface area contributed by atoms with Gasteiger partial charge in [-0.05, 0) is 24.3 Å². The Kier molecular flexibility index (Phi) is 4.96. The smallest absolute Gasteiger partial charge is 0.307 e. The van der Waals surface area contributed by atoms with Crippen LogP contribution in [-0.2, 0) is 9.59 Å². The van der Waals surface area contributed by atoms with Gasteiger partial charge in [0, 0.05) is 0 Å². The van der Waals surface area contributed by atoms with Crippen molar-refractivity contribution in [1.82, 2.24) is 5.32 Å². The van der Waals surface area contributed by atoms with Gasteiger partial charge in [0.15, 0.2) is 0 Å². The zero-order chi connectivity index (χ0) is 15.4. The molecule has 0 aliphatic heterocycles. The molecule has 114 valence electrons. The van der Waals surface area contributed by atoms with Crippen molar-refractivity contribution in [2.24, 2.45) is 17.8 Å². The van der Waals surface area contributed by atoms with E-state index in [9.17, 15) is 19.8 Å². The summed E-state index contributed by atoms with van der Waals surface area (Å²) in [7, 11) is 0. The summed E-state index contributed by atoms with van der Waals surface area (Å²) in [6, 6.07) is 8.69. The Labute approximate surface area is 124 Å². The van der Waals surface area contributed by atoms with Crippen molar-refractivity contribution in [3.63, 3.8) is 0 Å². The Morgan fingerprint density at radius 2 is 1.86 bits per heavy atom. The lowest BCUT2D eigenvalue weighted by Crippen LogP contribution is -2.38. The van der Waals surface area contributed by atoms with E-state index in [-0.39, 0.29) is 18.4 Å². The van der Waals surface area contributed by atoms with Gasteiger partial charge in [0.25, 0.3) is 0 Å². The van der Waals surface area contributed by atoms with Gasteiger partial charge in [-0.2, -0.15) is 0 Å². The quantitative estimate of drug-likeness (QED) is 0.769. The van der Waals surface area contributed by atoms with Crippen molar-refractivity contribution < 1.29 is 19.8 Å². The van der Waals surface area contributed by atoms with Crippen molar-refractivity contribution in [3.8, 4) is 0 Å². The lowest BCUT2D eigenvalue weighted by atomic mass is 9.94. The summed E-state index contributed by atoms with van der Waals surface area (Å²) in [5, 5.41) is 21.5. The number of carbonyl (C=O) groups excluding carboxylic acids is 1. The third kappa shape index (κ3) is 3.61. The van der Waals surface area contributed by atoms with Crippen molar-refractivity contribution in [2.75, 3.05) is 6.61 Å².